The van der Waals surface area contributed by atoms with Crippen LogP contribution < -0.4 is 15.1 Å². The Morgan fingerprint density at radius 1 is 1.07 bits per heavy atom. The second-order valence-corrected chi connectivity index (χ2v) is 6.80. The maximum Gasteiger partial charge on any atom is 0.271 e. The smallest absolute Gasteiger partial charge is 0.271 e. The number of hydrazone groups is 1. The zero-order chi connectivity index (χ0) is 20.2. The number of nitrogens with zero attached hydrogens (tertiary/aromatic N) is 2. The van der Waals surface area contributed by atoms with Gasteiger partial charge in [0.05, 0.1) is 13.3 Å². The standard InChI is InChI=1S/C23H21N3O3/c1-29-22-12-16(6-11-21(22)27)13-24-25-23(28)17-7-9-20(10-8-17)26-14-18-4-2-3-5-19(18)15-26/h2-13,27H,14-15H2,1H3,(H,25,28). The number of methoxy groups -OCH3 is 1. The van der Waals surface area contributed by atoms with Gasteiger partial charge in [0.25, 0.3) is 5.91 Å². The fourth-order valence-corrected chi connectivity index (χ4v) is 3.34. The minimum Gasteiger partial charge on any atom is -0.504 e. The zero-order valence-electron chi connectivity index (χ0n) is 16.0. The number of ether oxygens (including phenoxy) is 1. The maximum atomic E-state index is 12.3. The van der Waals surface area contributed by atoms with Crippen molar-refractivity contribution in [2.45, 2.75) is 13.1 Å². The molecule has 0 spiro atoms. The monoisotopic (exact) mass is 387 g/mol. The third-order valence-corrected chi connectivity index (χ3v) is 4.92. The summed E-state index contributed by atoms with van der Waals surface area (Å²) in [7, 11) is 1.47. The molecule has 29 heavy (non-hydrogen) atoms. The summed E-state index contributed by atoms with van der Waals surface area (Å²) in [4.78, 5) is 14.6. The van der Waals surface area contributed by atoms with Crippen molar-refractivity contribution in [2.24, 2.45) is 5.10 Å². The van der Waals surface area contributed by atoms with E-state index in [1.54, 1.807) is 24.3 Å². The SMILES string of the molecule is COc1cc(C=NNC(=O)c2ccc(N3Cc4ccccc4C3)cc2)ccc1O. The predicted octanol–water partition coefficient (Wildman–Crippen LogP) is 3.68. The number of nitrogens with one attached hydrogen (secondary N) is 1. The van der Waals surface area contributed by atoms with Gasteiger partial charge in [-0.3, -0.25) is 4.79 Å². The summed E-state index contributed by atoms with van der Waals surface area (Å²) in [5, 5.41) is 13.6. The topological polar surface area (TPSA) is 74.2 Å². The molecule has 6 nitrogen and oxygen atoms in total. The van der Waals surface area contributed by atoms with Gasteiger partial charge in [0.1, 0.15) is 0 Å². The molecule has 1 heterocycles. The van der Waals surface area contributed by atoms with Crippen molar-refractivity contribution in [3.8, 4) is 11.5 Å². The van der Waals surface area contributed by atoms with E-state index in [1.807, 2.05) is 12.1 Å². The molecule has 3 aromatic carbocycles. The molecule has 6 heteroatoms. The van der Waals surface area contributed by atoms with Gasteiger partial charge in [-0.2, -0.15) is 5.10 Å². The molecule has 0 atom stereocenters. The first-order chi connectivity index (χ1) is 14.1. The van der Waals surface area contributed by atoms with E-state index in [-0.39, 0.29) is 11.7 Å². The second kappa shape index (κ2) is 8.06. The normalized spacial score (nSPS) is 12.8. The Kier molecular flexibility index (Phi) is 5.16. The van der Waals surface area contributed by atoms with Crippen LogP contribution in [-0.4, -0.2) is 24.3 Å². The molecule has 0 saturated heterocycles. The summed E-state index contributed by atoms with van der Waals surface area (Å²) in [6.45, 7) is 1.75. The van der Waals surface area contributed by atoms with E-state index in [0.29, 0.717) is 16.9 Å². The average molecular weight is 387 g/mol. The molecule has 0 fully saturated rings. The van der Waals surface area contributed by atoms with Crippen molar-refractivity contribution in [3.05, 3.63) is 89.0 Å². The number of carbonyl (C=O) groups is 1. The molecule has 1 amide bonds. The van der Waals surface area contributed by atoms with Crippen LogP contribution in [0.1, 0.15) is 27.0 Å². The lowest BCUT2D eigenvalue weighted by molar-refractivity contribution is 0.0955. The fourth-order valence-electron chi connectivity index (χ4n) is 3.34. The minimum absolute atomic E-state index is 0.0508. The third-order valence-electron chi connectivity index (χ3n) is 4.92. The molecule has 146 valence electrons. The maximum absolute atomic E-state index is 12.3. The van der Waals surface area contributed by atoms with Crippen LogP contribution >= 0.6 is 0 Å². The number of phenolic OH excluding ortho intramolecular Hbond substituents is 1. The lowest BCUT2D eigenvalue weighted by atomic mass is 10.1. The lowest BCUT2D eigenvalue weighted by Gasteiger charge is -2.17. The summed E-state index contributed by atoms with van der Waals surface area (Å²) in [6, 6.07) is 20.7. The molecule has 2 N–H and O–H groups in total. The molecule has 0 saturated carbocycles. The van der Waals surface area contributed by atoms with Crippen LogP contribution in [0.2, 0.25) is 0 Å². The van der Waals surface area contributed by atoms with E-state index in [2.05, 4.69) is 39.7 Å². The Morgan fingerprint density at radius 2 is 1.76 bits per heavy atom. The highest BCUT2D eigenvalue weighted by Gasteiger charge is 2.18. The number of phenols is 1. The molecular formula is C23H21N3O3. The van der Waals surface area contributed by atoms with E-state index in [4.69, 9.17) is 4.74 Å². The van der Waals surface area contributed by atoms with Crippen LogP contribution in [0.3, 0.4) is 0 Å². The molecule has 3 aromatic rings. The number of benzene rings is 3. The molecule has 0 aromatic heterocycles. The largest absolute Gasteiger partial charge is 0.504 e. The Bertz CT molecular complexity index is 1040. The van der Waals surface area contributed by atoms with Gasteiger partial charge in [-0.05, 0) is 59.2 Å². The van der Waals surface area contributed by atoms with Gasteiger partial charge in [-0.1, -0.05) is 24.3 Å². The highest BCUT2D eigenvalue weighted by Crippen LogP contribution is 2.28. The number of carbonyl (C=O) groups excluding carboxylic acids is 1. The third kappa shape index (κ3) is 4.06. The Morgan fingerprint density at radius 3 is 2.41 bits per heavy atom. The van der Waals surface area contributed by atoms with Crippen molar-refractivity contribution in [1.82, 2.24) is 5.43 Å². The molecule has 0 unspecified atom stereocenters. The summed E-state index contributed by atoms with van der Waals surface area (Å²) in [5.74, 6) is 0.109. The van der Waals surface area contributed by atoms with Crippen molar-refractivity contribution in [3.63, 3.8) is 0 Å². The number of anilines is 1. The first-order valence-corrected chi connectivity index (χ1v) is 9.26. The Balaban J connectivity index is 1.37. The van der Waals surface area contributed by atoms with Crippen molar-refractivity contribution >= 4 is 17.8 Å². The quantitative estimate of drug-likeness (QED) is 0.517. The number of hydrogen-bond acceptors (Lipinski definition) is 5. The average Bonchev–Trinajstić information content (AvgIpc) is 3.19. The van der Waals surface area contributed by atoms with Crippen LogP contribution in [0, 0.1) is 0 Å². The molecule has 0 bridgehead atoms. The van der Waals surface area contributed by atoms with Crippen molar-refractivity contribution in [1.29, 1.82) is 0 Å². The molecule has 0 radical (unpaired) electrons. The molecule has 4 rings (SSSR count). The van der Waals surface area contributed by atoms with Crippen molar-refractivity contribution in [2.75, 3.05) is 12.0 Å². The highest BCUT2D eigenvalue weighted by atomic mass is 16.5. The first kappa shape index (κ1) is 18.6. The first-order valence-electron chi connectivity index (χ1n) is 9.26. The molecule has 0 aliphatic carbocycles. The summed E-state index contributed by atoms with van der Waals surface area (Å²) >= 11 is 0. The van der Waals surface area contributed by atoms with E-state index >= 15 is 0 Å². The number of amides is 1. The number of hydrogen-bond donors (Lipinski definition) is 2. The molecule has 1 aliphatic rings. The molecular weight excluding hydrogens is 366 g/mol. The van der Waals surface area contributed by atoms with Crippen molar-refractivity contribution < 1.29 is 14.6 Å². The van der Waals surface area contributed by atoms with Crippen LogP contribution in [0.4, 0.5) is 5.69 Å². The van der Waals surface area contributed by atoms with Gasteiger partial charge in [0.15, 0.2) is 11.5 Å². The van der Waals surface area contributed by atoms with Crippen LogP contribution in [0.15, 0.2) is 71.8 Å². The number of aromatic hydroxyl groups is 1. The lowest BCUT2D eigenvalue weighted by Crippen LogP contribution is -2.18. The van der Waals surface area contributed by atoms with E-state index < -0.39 is 0 Å². The van der Waals surface area contributed by atoms with E-state index in [9.17, 15) is 9.90 Å². The van der Waals surface area contributed by atoms with E-state index in [1.165, 1.54) is 30.5 Å². The predicted molar refractivity (Wildman–Crippen MR) is 112 cm³/mol. The van der Waals surface area contributed by atoms with Gasteiger partial charge in [0, 0.05) is 24.3 Å². The van der Waals surface area contributed by atoms with Crippen LogP contribution in [0.5, 0.6) is 11.5 Å². The van der Waals surface area contributed by atoms with Gasteiger partial charge in [-0.25, -0.2) is 5.43 Å². The second-order valence-electron chi connectivity index (χ2n) is 6.80. The summed E-state index contributed by atoms with van der Waals surface area (Å²) < 4.78 is 5.05. The van der Waals surface area contributed by atoms with E-state index in [0.717, 1.165) is 18.8 Å². The minimum atomic E-state index is -0.289. The Hall–Kier alpha value is -3.80. The molecule has 1 aliphatic heterocycles. The fraction of sp³-hybridized carbons (Fsp3) is 0.130. The Labute approximate surface area is 169 Å². The summed E-state index contributed by atoms with van der Waals surface area (Å²) in [6.07, 6.45) is 1.50. The summed E-state index contributed by atoms with van der Waals surface area (Å²) in [5.41, 5.74) is 7.51. The highest BCUT2D eigenvalue weighted by molar-refractivity contribution is 5.95. The van der Waals surface area contributed by atoms with Gasteiger partial charge in [-0.15, -0.1) is 0 Å². The van der Waals surface area contributed by atoms with Gasteiger partial charge < -0.3 is 14.7 Å². The van der Waals surface area contributed by atoms with Gasteiger partial charge in [0.2, 0.25) is 0 Å². The number of fused-ring (bicyclic) bond motifs is 1. The number of rotatable bonds is 5. The van der Waals surface area contributed by atoms with Crippen LogP contribution in [-0.2, 0) is 13.1 Å². The van der Waals surface area contributed by atoms with Crippen LogP contribution in [0.25, 0.3) is 0 Å². The van der Waals surface area contributed by atoms with Gasteiger partial charge >= 0.3 is 0 Å². The zero-order valence-corrected chi connectivity index (χ0v) is 16.0.